The van der Waals surface area contributed by atoms with Gasteiger partial charge < -0.3 is 4.74 Å². The summed E-state index contributed by atoms with van der Waals surface area (Å²) in [6.45, 7) is 0. The van der Waals surface area contributed by atoms with E-state index in [-0.39, 0.29) is 6.10 Å². The van der Waals surface area contributed by atoms with Crippen LogP contribution in [-0.4, -0.2) is 18.0 Å². The van der Waals surface area contributed by atoms with Crippen LogP contribution in [0.4, 0.5) is 0 Å². The van der Waals surface area contributed by atoms with E-state index in [0.717, 1.165) is 0 Å². The monoisotopic (exact) mass is 168 g/mol. The molecular weight excluding hydrogens is 152 g/mol. The minimum Gasteiger partial charge on any atom is -0.374 e. The van der Waals surface area contributed by atoms with Gasteiger partial charge in [0.2, 0.25) is 0 Å². The highest BCUT2D eigenvalue weighted by Crippen LogP contribution is 2.26. The Morgan fingerprint density at radius 2 is 1.67 bits per heavy atom. The second-order valence-corrected chi connectivity index (χ2v) is 3.97. The van der Waals surface area contributed by atoms with Gasteiger partial charge in [-0.2, -0.15) is 0 Å². The van der Waals surface area contributed by atoms with E-state index in [1.807, 2.05) is 0 Å². The molecule has 0 saturated heterocycles. The molecule has 0 aromatic carbocycles. The third-order valence-corrected chi connectivity index (χ3v) is 2.85. The van der Waals surface area contributed by atoms with Crippen molar-refractivity contribution in [1.82, 2.24) is 0 Å². The van der Waals surface area contributed by atoms with Gasteiger partial charge in [0, 0.05) is 12.8 Å². The normalized spacial score (nSPS) is 27.2. The molecule has 0 atom stereocenters. The first-order chi connectivity index (χ1) is 5.84. The van der Waals surface area contributed by atoms with E-state index in [1.54, 1.807) is 0 Å². The van der Waals surface area contributed by atoms with Crippen LogP contribution in [0.3, 0.4) is 0 Å². The van der Waals surface area contributed by atoms with E-state index in [4.69, 9.17) is 4.74 Å². The minimum atomic E-state index is 0.278. The molecule has 0 spiro atoms. The number of hydrogen-bond acceptors (Lipinski definition) is 2. The van der Waals surface area contributed by atoms with Crippen LogP contribution in [-0.2, 0) is 9.53 Å². The molecule has 0 aromatic rings. The topological polar surface area (TPSA) is 26.3 Å². The molecule has 0 amide bonds. The Morgan fingerprint density at radius 3 is 2.25 bits per heavy atom. The van der Waals surface area contributed by atoms with Crippen molar-refractivity contribution in [2.45, 2.75) is 57.2 Å². The largest absolute Gasteiger partial charge is 0.374 e. The van der Waals surface area contributed by atoms with Crippen LogP contribution in [0, 0.1) is 0 Å². The van der Waals surface area contributed by atoms with Crippen LogP contribution in [0.1, 0.15) is 44.9 Å². The van der Waals surface area contributed by atoms with Gasteiger partial charge in [0.15, 0.2) is 0 Å². The molecule has 2 rings (SSSR count). The zero-order valence-electron chi connectivity index (χ0n) is 7.42. The quantitative estimate of drug-likeness (QED) is 0.631. The lowest BCUT2D eigenvalue weighted by Crippen LogP contribution is -2.35. The standard InChI is InChI=1S/C10H16O2/c11-8-6-10(7-8)12-9-4-2-1-3-5-9/h9-10H,1-7H2. The lowest BCUT2D eigenvalue weighted by Gasteiger charge is -2.31. The van der Waals surface area contributed by atoms with Gasteiger partial charge in [0.05, 0.1) is 12.2 Å². The zero-order valence-corrected chi connectivity index (χ0v) is 7.42. The third kappa shape index (κ3) is 1.86. The van der Waals surface area contributed by atoms with Gasteiger partial charge in [0.25, 0.3) is 0 Å². The summed E-state index contributed by atoms with van der Waals surface area (Å²) in [5, 5.41) is 0. The first-order valence-electron chi connectivity index (χ1n) is 5.02. The van der Waals surface area contributed by atoms with Crippen molar-refractivity contribution >= 4 is 5.78 Å². The molecule has 12 heavy (non-hydrogen) atoms. The Morgan fingerprint density at radius 1 is 1.00 bits per heavy atom. The Hall–Kier alpha value is -0.370. The molecule has 0 N–H and O–H groups in total. The molecule has 2 fully saturated rings. The fraction of sp³-hybridized carbons (Fsp3) is 0.900. The van der Waals surface area contributed by atoms with Gasteiger partial charge in [-0.1, -0.05) is 19.3 Å². The van der Waals surface area contributed by atoms with Gasteiger partial charge in [-0.25, -0.2) is 0 Å². The fourth-order valence-corrected chi connectivity index (χ4v) is 2.02. The Labute approximate surface area is 73.3 Å². The first kappa shape index (κ1) is 8.24. The summed E-state index contributed by atoms with van der Waals surface area (Å²) in [6.07, 6.45) is 8.51. The predicted molar refractivity (Wildman–Crippen MR) is 46.0 cm³/mol. The molecular formula is C10H16O2. The summed E-state index contributed by atoms with van der Waals surface area (Å²) in [4.78, 5) is 10.7. The zero-order chi connectivity index (χ0) is 8.39. The van der Waals surface area contributed by atoms with Gasteiger partial charge >= 0.3 is 0 Å². The number of ether oxygens (including phenoxy) is 1. The van der Waals surface area contributed by atoms with E-state index in [2.05, 4.69) is 0 Å². The van der Waals surface area contributed by atoms with Crippen molar-refractivity contribution < 1.29 is 9.53 Å². The Bertz CT molecular complexity index is 163. The number of carbonyl (C=O) groups is 1. The highest BCUT2D eigenvalue weighted by atomic mass is 16.5. The maximum Gasteiger partial charge on any atom is 0.138 e. The van der Waals surface area contributed by atoms with Crippen LogP contribution < -0.4 is 0 Å². The van der Waals surface area contributed by atoms with Crippen molar-refractivity contribution in [3.63, 3.8) is 0 Å². The summed E-state index contributed by atoms with van der Waals surface area (Å²) in [6, 6.07) is 0. The molecule has 0 bridgehead atoms. The molecule has 2 aliphatic rings. The number of carbonyl (C=O) groups excluding carboxylic acids is 1. The maximum atomic E-state index is 10.7. The summed E-state index contributed by atoms with van der Waals surface area (Å²) >= 11 is 0. The third-order valence-electron chi connectivity index (χ3n) is 2.85. The second kappa shape index (κ2) is 3.56. The van der Waals surface area contributed by atoms with E-state index < -0.39 is 0 Å². The molecule has 68 valence electrons. The van der Waals surface area contributed by atoms with Crippen LogP contribution >= 0.6 is 0 Å². The summed E-state index contributed by atoms with van der Waals surface area (Å²) in [5.74, 6) is 0.371. The van der Waals surface area contributed by atoms with E-state index in [9.17, 15) is 4.79 Å². The highest BCUT2D eigenvalue weighted by molar-refractivity contribution is 5.85. The van der Waals surface area contributed by atoms with Crippen molar-refractivity contribution in [3.05, 3.63) is 0 Å². The van der Waals surface area contributed by atoms with Crippen molar-refractivity contribution in [1.29, 1.82) is 0 Å². The average Bonchev–Trinajstić information content (AvgIpc) is 2.04. The average molecular weight is 168 g/mol. The SMILES string of the molecule is O=C1CC(OC2CCCCC2)C1. The van der Waals surface area contributed by atoms with Crippen LogP contribution in [0.25, 0.3) is 0 Å². The molecule has 0 aliphatic heterocycles. The van der Waals surface area contributed by atoms with E-state index in [1.165, 1.54) is 32.1 Å². The summed E-state index contributed by atoms with van der Waals surface area (Å²) < 4.78 is 5.78. The molecule has 2 saturated carbocycles. The van der Waals surface area contributed by atoms with Gasteiger partial charge in [-0.05, 0) is 12.8 Å². The minimum absolute atomic E-state index is 0.278. The van der Waals surface area contributed by atoms with Gasteiger partial charge in [-0.15, -0.1) is 0 Å². The summed E-state index contributed by atoms with van der Waals surface area (Å²) in [7, 11) is 0. The predicted octanol–water partition coefficient (Wildman–Crippen LogP) is 2.07. The van der Waals surface area contributed by atoms with E-state index >= 15 is 0 Å². The van der Waals surface area contributed by atoms with Crippen LogP contribution in [0.2, 0.25) is 0 Å². The number of ketones is 1. The van der Waals surface area contributed by atoms with Crippen molar-refractivity contribution in [2.75, 3.05) is 0 Å². The Kier molecular flexibility index (Phi) is 2.45. The lowest BCUT2D eigenvalue weighted by atomic mass is 9.92. The van der Waals surface area contributed by atoms with Crippen LogP contribution in [0.5, 0.6) is 0 Å². The molecule has 0 radical (unpaired) electrons. The molecule has 0 heterocycles. The molecule has 2 aliphatic carbocycles. The second-order valence-electron chi connectivity index (χ2n) is 3.97. The first-order valence-corrected chi connectivity index (χ1v) is 5.02. The highest BCUT2D eigenvalue weighted by Gasteiger charge is 2.29. The lowest BCUT2D eigenvalue weighted by molar-refractivity contribution is -0.139. The fourth-order valence-electron chi connectivity index (χ4n) is 2.02. The molecule has 0 unspecified atom stereocenters. The maximum absolute atomic E-state index is 10.7. The molecule has 2 nitrogen and oxygen atoms in total. The molecule has 2 heteroatoms. The number of rotatable bonds is 2. The Balaban J connectivity index is 1.68. The smallest absolute Gasteiger partial charge is 0.138 e. The van der Waals surface area contributed by atoms with Gasteiger partial charge in [0.1, 0.15) is 5.78 Å². The number of hydrogen-bond donors (Lipinski definition) is 0. The summed E-state index contributed by atoms with van der Waals surface area (Å²) in [5.41, 5.74) is 0. The van der Waals surface area contributed by atoms with Crippen LogP contribution in [0.15, 0.2) is 0 Å². The number of Topliss-reactive ketones (excluding diaryl/α,β-unsaturated/α-hetero) is 1. The van der Waals surface area contributed by atoms with Crippen molar-refractivity contribution in [2.24, 2.45) is 0 Å². The molecule has 0 aromatic heterocycles. The van der Waals surface area contributed by atoms with E-state index in [0.29, 0.717) is 24.7 Å². The van der Waals surface area contributed by atoms with Crippen molar-refractivity contribution in [3.8, 4) is 0 Å². The van der Waals surface area contributed by atoms with Gasteiger partial charge in [-0.3, -0.25) is 4.79 Å².